The second-order valence-corrected chi connectivity index (χ2v) is 4.45. The Morgan fingerprint density at radius 1 is 1.33 bits per heavy atom. The van der Waals surface area contributed by atoms with Gasteiger partial charge in [-0.15, -0.1) is 0 Å². The van der Waals surface area contributed by atoms with Crippen LogP contribution in [0.2, 0.25) is 0 Å². The van der Waals surface area contributed by atoms with Crippen molar-refractivity contribution >= 4 is 5.97 Å². The molecule has 0 saturated heterocycles. The molecule has 4 nitrogen and oxygen atoms in total. The molecule has 0 aliphatic carbocycles. The minimum Gasteiger partial charge on any atom is -0.466 e. The number of hydrogen-bond donors (Lipinski definition) is 0. The first-order valence-corrected chi connectivity index (χ1v) is 5.93. The van der Waals surface area contributed by atoms with Crippen molar-refractivity contribution in [3.63, 3.8) is 0 Å². The van der Waals surface area contributed by atoms with Gasteiger partial charge >= 0.3 is 5.97 Å². The number of rotatable bonds is 8. The van der Waals surface area contributed by atoms with Crippen LogP contribution in [0.1, 0.15) is 41.0 Å². The highest BCUT2D eigenvalue weighted by atomic mass is 19.3. The molecule has 0 radical (unpaired) electrons. The van der Waals surface area contributed by atoms with Crippen molar-refractivity contribution in [1.29, 1.82) is 0 Å². The third-order valence-corrected chi connectivity index (χ3v) is 2.46. The third-order valence-electron chi connectivity index (χ3n) is 2.46. The highest BCUT2D eigenvalue weighted by Crippen LogP contribution is 2.35. The van der Waals surface area contributed by atoms with Crippen molar-refractivity contribution in [2.45, 2.75) is 58.9 Å². The zero-order valence-corrected chi connectivity index (χ0v) is 11.6. The summed E-state index contributed by atoms with van der Waals surface area (Å²) < 4.78 is 42.5. The molecular weight excluding hydrogens is 246 g/mol. The normalized spacial score (nSPS) is 14.4. The molecule has 0 spiro atoms. The highest BCUT2D eigenvalue weighted by molar-refractivity contribution is 5.65. The molecular formula is C12H22F2O4. The Kier molecular flexibility index (Phi) is 6.70. The summed E-state index contributed by atoms with van der Waals surface area (Å²) in [5.74, 6) is -3.69. The van der Waals surface area contributed by atoms with E-state index in [0.717, 1.165) is 0 Å². The van der Waals surface area contributed by atoms with Crippen LogP contribution in [0.3, 0.4) is 0 Å². The first kappa shape index (κ1) is 17.2. The molecule has 0 aromatic rings. The summed E-state index contributed by atoms with van der Waals surface area (Å²) in [7, 11) is 0. The molecule has 1 atom stereocenters. The SMILES string of the molecule is CCOC(C)OC(C)(C)C(F)(F)CCOC(C)=O. The first-order valence-electron chi connectivity index (χ1n) is 5.93. The first-order chi connectivity index (χ1) is 8.12. The number of hydrogen-bond acceptors (Lipinski definition) is 4. The van der Waals surface area contributed by atoms with E-state index in [1.165, 1.54) is 20.8 Å². The van der Waals surface area contributed by atoms with Crippen LogP contribution in [-0.4, -0.2) is 37.0 Å². The van der Waals surface area contributed by atoms with E-state index in [0.29, 0.717) is 6.61 Å². The maximum Gasteiger partial charge on any atom is 0.302 e. The van der Waals surface area contributed by atoms with E-state index in [-0.39, 0.29) is 6.61 Å². The summed E-state index contributed by atoms with van der Waals surface area (Å²) in [6.45, 7) is 7.12. The van der Waals surface area contributed by atoms with Crippen LogP contribution in [-0.2, 0) is 19.0 Å². The summed E-state index contributed by atoms with van der Waals surface area (Å²) in [5.41, 5.74) is -1.69. The number of carbonyl (C=O) groups is 1. The number of ether oxygens (including phenoxy) is 3. The Bertz CT molecular complexity index is 267. The van der Waals surface area contributed by atoms with Gasteiger partial charge in [-0.05, 0) is 27.7 Å². The fourth-order valence-electron chi connectivity index (χ4n) is 1.39. The minimum atomic E-state index is -3.12. The van der Waals surface area contributed by atoms with Crippen molar-refractivity contribution in [2.24, 2.45) is 0 Å². The summed E-state index contributed by atoms with van der Waals surface area (Å²) in [5, 5.41) is 0. The molecule has 0 amide bonds. The lowest BCUT2D eigenvalue weighted by atomic mass is 9.97. The maximum atomic E-state index is 13.9. The van der Waals surface area contributed by atoms with Gasteiger partial charge in [0.15, 0.2) is 6.29 Å². The lowest BCUT2D eigenvalue weighted by molar-refractivity contribution is -0.265. The smallest absolute Gasteiger partial charge is 0.302 e. The van der Waals surface area contributed by atoms with Crippen molar-refractivity contribution in [3.8, 4) is 0 Å². The quantitative estimate of drug-likeness (QED) is 0.501. The Hall–Kier alpha value is -0.750. The van der Waals surface area contributed by atoms with E-state index in [1.807, 2.05) is 0 Å². The highest BCUT2D eigenvalue weighted by Gasteiger charge is 2.48. The van der Waals surface area contributed by atoms with Gasteiger partial charge < -0.3 is 14.2 Å². The molecule has 0 fully saturated rings. The fraction of sp³-hybridized carbons (Fsp3) is 0.917. The van der Waals surface area contributed by atoms with E-state index in [9.17, 15) is 13.6 Å². The largest absolute Gasteiger partial charge is 0.466 e. The van der Waals surface area contributed by atoms with Crippen molar-refractivity contribution in [2.75, 3.05) is 13.2 Å². The van der Waals surface area contributed by atoms with Gasteiger partial charge in [0.05, 0.1) is 6.61 Å². The summed E-state index contributed by atoms with van der Waals surface area (Å²) >= 11 is 0. The Balaban J connectivity index is 4.39. The molecule has 0 saturated carbocycles. The molecule has 0 aliphatic rings. The van der Waals surface area contributed by atoms with Gasteiger partial charge in [0.25, 0.3) is 5.92 Å². The van der Waals surface area contributed by atoms with E-state index in [4.69, 9.17) is 9.47 Å². The van der Waals surface area contributed by atoms with Crippen LogP contribution >= 0.6 is 0 Å². The monoisotopic (exact) mass is 268 g/mol. The Labute approximate surface area is 107 Å². The second kappa shape index (κ2) is 6.99. The van der Waals surface area contributed by atoms with Crippen molar-refractivity contribution in [1.82, 2.24) is 0 Å². The van der Waals surface area contributed by atoms with Crippen LogP contribution in [0.15, 0.2) is 0 Å². The van der Waals surface area contributed by atoms with E-state index < -0.39 is 30.2 Å². The van der Waals surface area contributed by atoms with Crippen LogP contribution in [0, 0.1) is 0 Å². The zero-order valence-electron chi connectivity index (χ0n) is 11.6. The third kappa shape index (κ3) is 5.73. The van der Waals surface area contributed by atoms with Crippen molar-refractivity contribution < 1.29 is 27.8 Å². The number of alkyl halides is 2. The van der Waals surface area contributed by atoms with Crippen LogP contribution in [0.25, 0.3) is 0 Å². The zero-order chi connectivity index (χ0) is 14.4. The number of halogens is 2. The lowest BCUT2D eigenvalue weighted by Gasteiger charge is -2.36. The molecule has 0 aromatic heterocycles. The predicted molar refractivity (Wildman–Crippen MR) is 62.4 cm³/mol. The van der Waals surface area contributed by atoms with Gasteiger partial charge in [0, 0.05) is 20.0 Å². The molecule has 0 N–H and O–H groups in total. The van der Waals surface area contributed by atoms with E-state index in [2.05, 4.69) is 4.74 Å². The molecule has 18 heavy (non-hydrogen) atoms. The number of esters is 1. The second-order valence-electron chi connectivity index (χ2n) is 4.45. The average molecular weight is 268 g/mol. The van der Waals surface area contributed by atoms with Gasteiger partial charge in [-0.25, -0.2) is 8.78 Å². The minimum absolute atomic E-state index is 0.335. The Morgan fingerprint density at radius 2 is 1.89 bits per heavy atom. The van der Waals surface area contributed by atoms with Crippen LogP contribution < -0.4 is 0 Å². The summed E-state index contributed by atoms with van der Waals surface area (Å²) in [6.07, 6.45) is -1.30. The van der Waals surface area contributed by atoms with Gasteiger partial charge in [-0.1, -0.05) is 0 Å². The topological polar surface area (TPSA) is 44.8 Å². The summed E-state index contributed by atoms with van der Waals surface area (Å²) in [6, 6.07) is 0. The molecule has 108 valence electrons. The predicted octanol–water partition coefficient (Wildman–Crippen LogP) is 2.75. The molecule has 0 rings (SSSR count). The lowest BCUT2D eigenvalue weighted by Crippen LogP contribution is -2.48. The molecule has 0 heterocycles. The van der Waals surface area contributed by atoms with Gasteiger partial charge in [-0.3, -0.25) is 4.79 Å². The Morgan fingerprint density at radius 3 is 2.33 bits per heavy atom. The maximum absolute atomic E-state index is 13.9. The van der Waals surface area contributed by atoms with Gasteiger partial charge in [-0.2, -0.15) is 0 Å². The van der Waals surface area contributed by atoms with Crippen LogP contribution in [0.5, 0.6) is 0 Å². The van der Waals surface area contributed by atoms with E-state index >= 15 is 0 Å². The number of carbonyl (C=O) groups excluding carboxylic acids is 1. The molecule has 0 aromatic carbocycles. The van der Waals surface area contributed by atoms with Gasteiger partial charge in [0.1, 0.15) is 5.60 Å². The van der Waals surface area contributed by atoms with Crippen LogP contribution in [0.4, 0.5) is 8.78 Å². The summed E-state index contributed by atoms with van der Waals surface area (Å²) in [4.78, 5) is 10.5. The van der Waals surface area contributed by atoms with Crippen molar-refractivity contribution in [3.05, 3.63) is 0 Å². The van der Waals surface area contributed by atoms with Gasteiger partial charge in [0.2, 0.25) is 0 Å². The van der Waals surface area contributed by atoms with E-state index in [1.54, 1.807) is 13.8 Å². The molecule has 1 unspecified atom stereocenters. The average Bonchev–Trinajstić information content (AvgIpc) is 2.15. The fourth-order valence-corrected chi connectivity index (χ4v) is 1.39. The standard InChI is InChI=1S/C12H22F2O4/c1-6-16-10(3)18-11(4,5)12(13,14)7-8-17-9(2)15/h10H,6-8H2,1-5H3. The molecule has 0 bridgehead atoms. The molecule has 0 aliphatic heterocycles. The molecule has 6 heteroatoms.